The van der Waals surface area contributed by atoms with Gasteiger partial charge in [-0.2, -0.15) is 5.10 Å². The van der Waals surface area contributed by atoms with Gasteiger partial charge in [-0.3, -0.25) is 5.10 Å². The topological polar surface area (TPSA) is 63.7 Å². The molecule has 102 valence electrons. The maximum Gasteiger partial charge on any atom is 0.184 e. The first-order valence-corrected chi connectivity index (χ1v) is 6.57. The van der Waals surface area contributed by atoms with Gasteiger partial charge in [0.1, 0.15) is 12.1 Å². The van der Waals surface area contributed by atoms with Crippen LogP contribution in [0, 0.1) is 6.92 Å². The number of hydrogen-bond donors (Lipinski definition) is 1. The van der Waals surface area contributed by atoms with Crippen molar-refractivity contribution in [2.75, 3.05) is 0 Å². The van der Waals surface area contributed by atoms with E-state index in [9.17, 15) is 0 Å². The zero-order valence-electron chi connectivity index (χ0n) is 11.7. The van der Waals surface area contributed by atoms with Crippen LogP contribution in [0.4, 0.5) is 0 Å². The summed E-state index contributed by atoms with van der Waals surface area (Å²) >= 11 is 0. The van der Waals surface area contributed by atoms with Crippen molar-refractivity contribution in [3.8, 4) is 17.0 Å². The number of benzene rings is 1. The molecule has 1 aromatic carbocycles. The molecule has 0 fully saturated rings. The Balaban J connectivity index is 2.04. The average molecular weight is 268 g/mol. The molecule has 2 aromatic heterocycles. The number of rotatable bonds is 3. The minimum Gasteiger partial charge on any atom is -0.491 e. The van der Waals surface area contributed by atoms with Gasteiger partial charge >= 0.3 is 0 Å². The van der Waals surface area contributed by atoms with Gasteiger partial charge in [-0.1, -0.05) is 0 Å². The van der Waals surface area contributed by atoms with E-state index in [1.807, 2.05) is 32.9 Å². The quantitative estimate of drug-likeness (QED) is 0.792. The van der Waals surface area contributed by atoms with Crippen LogP contribution in [0.1, 0.15) is 19.4 Å². The van der Waals surface area contributed by atoms with E-state index in [0.717, 1.165) is 28.0 Å². The second-order valence-electron chi connectivity index (χ2n) is 5.01. The van der Waals surface area contributed by atoms with Crippen molar-refractivity contribution in [2.45, 2.75) is 26.9 Å². The summed E-state index contributed by atoms with van der Waals surface area (Å²) in [6.07, 6.45) is 3.44. The fourth-order valence-corrected chi connectivity index (χ4v) is 2.17. The van der Waals surface area contributed by atoms with Gasteiger partial charge in [0, 0.05) is 11.8 Å². The standard InChI is InChI=1S/C15H16N4O/c1-9(2)20-13-5-4-11(6-10(13)3)14-12-7-16-8-17-15(12)19-18-14/h4-9H,1-3H3,(H,16,17,18,19). The molecule has 0 aliphatic heterocycles. The molecule has 0 aliphatic rings. The minimum atomic E-state index is 0.168. The third-order valence-electron chi connectivity index (χ3n) is 3.06. The molecular formula is C15H16N4O. The Hall–Kier alpha value is -2.43. The number of aryl methyl sites for hydroxylation is 1. The lowest BCUT2D eigenvalue weighted by Crippen LogP contribution is -2.06. The molecule has 0 bridgehead atoms. The van der Waals surface area contributed by atoms with Crippen molar-refractivity contribution in [1.82, 2.24) is 20.2 Å². The van der Waals surface area contributed by atoms with Crippen LogP contribution in [0.25, 0.3) is 22.3 Å². The lowest BCUT2D eigenvalue weighted by molar-refractivity contribution is 0.241. The highest BCUT2D eigenvalue weighted by Crippen LogP contribution is 2.29. The Morgan fingerprint density at radius 1 is 1.25 bits per heavy atom. The van der Waals surface area contributed by atoms with Gasteiger partial charge in [-0.15, -0.1) is 0 Å². The molecular weight excluding hydrogens is 252 g/mol. The molecule has 0 spiro atoms. The summed E-state index contributed by atoms with van der Waals surface area (Å²) in [4.78, 5) is 8.18. The first kappa shape index (κ1) is 12.6. The molecule has 0 aliphatic carbocycles. The molecule has 20 heavy (non-hydrogen) atoms. The lowest BCUT2D eigenvalue weighted by Gasteiger charge is -2.13. The van der Waals surface area contributed by atoms with Gasteiger partial charge in [-0.05, 0) is 44.5 Å². The molecule has 1 N–H and O–H groups in total. The van der Waals surface area contributed by atoms with Crippen LogP contribution >= 0.6 is 0 Å². The molecule has 0 saturated heterocycles. The number of hydrogen-bond acceptors (Lipinski definition) is 4. The molecule has 5 heteroatoms. The van der Waals surface area contributed by atoms with Crippen LogP contribution in [0.3, 0.4) is 0 Å². The van der Waals surface area contributed by atoms with E-state index in [1.54, 1.807) is 6.20 Å². The average Bonchev–Trinajstić information content (AvgIpc) is 2.84. The van der Waals surface area contributed by atoms with Crippen LogP contribution in [0.2, 0.25) is 0 Å². The van der Waals surface area contributed by atoms with Gasteiger partial charge < -0.3 is 4.74 Å². The Morgan fingerprint density at radius 3 is 2.85 bits per heavy atom. The molecule has 0 unspecified atom stereocenters. The van der Waals surface area contributed by atoms with Crippen LogP contribution in [-0.4, -0.2) is 26.3 Å². The zero-order chi connectivity index (χ0) is 14.1. The van der Waals surface area contributed by atoms with Crippen molar-refractivity contribution in [2.24, 2.45) is 0 Å². The first-order valence-electron chi connectivity index (χ1n) is 6.57. The van der Waals surface area contributed by atoms with Crippen molar-refractivity contribution in [1.29, 1.82) is 0 Å². The van der Waals surface area contributed by atoms with Gasteiger partial charge in [0.15, 0.2) is 5.65 Å². The largest absolute Gasteiger partial charge is 0.491 e. The molecule has 3 rings (SSSR count). The predicted molar refractivity (Wildman–Crippen MR) is 77.6 cm³/mol. The fraction of sp³-hybridized carbons (Fsp3) is 0.267. The summed E-state index contributed by atoms with van der Waals surface area (Å²) in [5, 5.41) is 8.13. The van der Waals surface area contributed by atoms with Crippen molar-refractivity contribution >= 4 is 11.0 Å². The molecule has 2 heterocycles. The molecule has 0 amide bonds. The van der Waals surface area contributed by atoms with E-state index in [-0.39, 0.29) is 6.10 Å². The number of aromatic nitrogens is 4. The summed E-state index contributed by atoms with van der Waals surface area (Å²) in [6.45, 7) is 6.08. The third kappa shape index (κ3) is 2.22. The zero-order valence-corrected chi connectivity index (χ0v) is 11.7. The molecule has 3 aromatic rings. The predicted octanol–water partition coefficient (Wildman–Crippen LogP) is 3.12. The minimum absolute atomic E-state index is 0.168. The van der Waals surface area contributed by atoms with Crippen LogP contribution in [0.5, 0.6) is 5.75 Å². The molecule has 0 atom stereocenters. The Bertz CT molecular complexity index is 748. The van der Waals surface area contributed by atoms with E-state index >= 15 is 0 Å². The monoisotopic (exact) mass is 268 g/mol. The summed E-state index contributed by atoms with van der Waals surface area (Å²) in [6, 6.07) is 6.09. The summed E-state index contributed by atoms with van der Waals surface area (Å²) in [5.74, 6) is 0.906. The van der Waals surface area contributed by atoms with Crippen LogP contribution < -0.4 is 4.74 Å². The highest BCUT2D eigenvalue weighted by Gasteiger charge is 2.10. The maximum atomic E-state index is 5.75. The summed E-state index contributed by atoms with van der Waals surface area (Å²) in [7, 11) is 0. The molecule has 0 saturated carbocycles. The van der Waals surface area contributed by atoms with E-state index in [4.69, 9.17) is 4.74 Å². The van der Waals surface area contributed by atoms with Crippen molar-refractivity contribution < 1.29 is 4.74 Å². The third-order valence-corrected chi connectivity index (χ3v) is 3.06. The van der Waals surface area contributed by atoms with Gasteiger partial charge in [0.25, 0.3) is 0 Å². The molecule has 0 radical (unpaired) electrons. The second-order valence-corrected chi connectivity index (χ2v) is 5.01. The highest BCUT2D eigenvalue weighted by atomic mass is 16.5. The summed E-state index contributed by atoms with van der Waals surface area (Å²) in [5.41, 5.74) is 3.75. The highest BCUT2D eigenvalue weighted by molar-refractivity contribution is 5.90. The normalized spacial score (nSPS) is 11.2. The first-order chi connectivity index (χ1) is 9.65. The van der Waals surface area contributed by atoms with E-state index in [0.29, 0.717) is 5.65 Å². The number of nitrogens with zero attached hydrogens (tertiary/aromatic N) is 3. The molecule has 5 nitrogen and oxygen atoms in total. The summed E-state index contributed by atoms with van der Waals surface area (Å²) < 4.78 is 5.75. The van der Waals surface area contributed by atoms with Gasteiger partial charge in [0.2, 0.25) is 0 Å². The van der Waals surface area contributed by atoms with Gasteiger partial charge in [0.05, 0.1) is 17.2 Å². The van der Waals surface area contributed by atoms with Crippen LogP contribution in [0.15, 0.2) is 30.7 Å². The van der Waals surface area contributed by atoms with E-state index in [2.05, 4.69) is 26.2 Å². The Morgan fingerprint density at radius 2 is 2.10 bits per heavy atom. The fourth-order valence-electron chi connectivity index (χ4n) is 2.17. The second kappa shape index (κ2) is 4.92. The Labute approximate surface area is 117 Å². The van der Waals surface area contributed by atoms with Crippen molar-refractivity contribution in [3.63, 3.8) is 0 Å². The van der Waals surface area contributed by atoms with E-state index in [1.165, 1.54) is 6.33 Å². The van der Waals surface area contributed by atoms with Crippen LogP contribution in [-0.2, 0) is 0 Å². The number of aromatic amines is 1. The number of fused-ring (bicyclic) bond motifs is 1. The van der Waals surface area contributed by atoms with Crippen molar-refractivity contribution in [3.05, 3.63) is 36.3 Å². The number of ether oxygens (including phenoxy) is 1. The Kier molecular flexibility index (Phi) is 3.10. The van der Waals surface area contributed by atoms with E-state index < -0.39 is 0 Å². The lowest BCUT2D eigenvalue weighted by atomic mass is 10.1. The SMILES string of the molecule is Cc1cc(-c2[nH]nc3ncncc23)ccc1OC(C)C. The maximum absolute atomic E-state index is 5.75. The smallest absolute Gasteiger partial charge is 0.184 e. The number of H-pyrrole nitrogens is 1. The number of nitrogens with one attached hydrogen (secondary N) is 1. The van der Waals surface area contributed by atoms with Gasteiger partial charge in [-0.25, -0.2) is 9.97 Å².